The van der Waals surface area contributed by atoms with Gasteiger partial charge < -0.3 is 14.8 Å². The van der Waals surface area contributed by atoms with Gasteiger partial charge in [0.1, 0.15) is 5.82 Å². The lowest BCUT2D eigenvalue weighted by Gasteiger charge is -2.11. The first-order valence-corrected chi connectivity index (χ1v) is 7.64. The molecule has 1 N–H and O–H groups in total. The summed E-state index contributed by atoms with van der Waals surface area (Å²) in [5.74, 6) is 2.54. The third-order valence-corrected chi connectivity index (χ3v) is 4.28. The smallest absolute Gasteiger partial charge is 0.231 e. The Morgan fingerprint density at radius 3 is 2.90 bits per heavy atom. The largest absolute Gasteiger partial charge is 0.454 e. The molecule has 0 fully saturated rings. The van der Waals surface area contributed by atoms with Gasteiger partial charge in [-0.1, -0.05) is 11.6 Å². The molecule has 1 aromatic carbocycles. The molecule has 5 nitrogen and oxygen atoms in total. The fourth-order valence-electron chi connectivity index (χ4n) is 2.07. The van der Waals surface area contributed by atoms with Crippen molar-refractivity contribution in [1.29, 1.82) is 0 Å². The van der Waals surface area contributed by atoms with E-state index < -0.39 is 0 Å². The average Bonchev–Trinajstić information content (AvgIpc) is 2.92. The van der Waals surface area contributed by atoms with Crippen LogP contribution in [-0.4, -0.2) is 23.3 Å². The van der Waals surface area contributed by atoms with E-state index in [1.54, 1.807) is 6.07 Å². The van der Waals surface area contributed by atoms with Crippen LogP contribution >= 0.6 is 27.5 Å². The summed E-state index contributed by atoms with van der Waals surface area (Å²) in [5.41, 5.74) is 1.64. The molecule has 2 aromatic rings. The second-order valence-corrected chi connectivity index (χ2v) is 5.72. The first kappa shape index (κ1) is 14.4. The summed E-state index contributed by atoms with van der Waals surface area (Å²) in [6.45, 7) is 4.89. The molecule has 1 aromatic heterocycles. The Hall–Kier alpha value is -1.53. The zero-order chi connectivity index (χ0) is 15.0. The summed E-state index contributed by atoms with van der Waals surface area (Å²) in [6.07, 6.45) is 0. The normalized spacial score (nSPS) is 12.6. The number of hydrogen-bond donors (Lipinski definition) is 1. The minimum absolute atomic E-state index is 0.182. The molecule has 0 saturated heterocycles. The molecular weight excluding hydrogens is 358 g/mol. The summed E-state index contributed by atoms with van der Waals surface area (Å²) >= 11 is 9.71. The number of benzene rings is 1. The van der Waals surface area contributed by atoms with E-state index in [0.29, 0.717) is 22.3 Å². The number of hydrogen-bond acceptors (Lipinski definition) is 5. The summed E-state index contributed by atoms with van der Waals surface area (Å²) < 4.78 is 11.6. The van der Waals surface area contributed by atoms with E-state index in [-0.39, 0.29) is 6.79 Å². The predicted molar refractivity (Wildman–Crippen MR) is 85.2 cm³/mol. The Bertz CT molecular complexity index is 709. The Morgan fingerprint density at radius 1 is 1.33 bits per heavy atom. The highest BCUT2D eigenvalue weighted by atomic mass is 79.9. The Kier molecular flexibility index (Phi) is 3.91. The minimum atomic E-state index is 0.182. The quantitative estimate of drug-likeness (QED) is 0.884. The number of rotatable bonds is 3. The average molecular weight is 371 g/mol. The predicted octanol–water partition coefficient (Wildman–Crippen LogP) is 4.03. The summed E-state index contributed by atoms with van der Waals surface area (Å²) in [6, 6.07) is 3.63. The molecule has 3 rings (SSSR count). The van der Waals surface area contributed by atoms with E-state index in [2.05, 4.69) is 31.2 Å². The molecule has 0 amide bonds. The molecule has 7 heteroatoms. The number of aromatic nitrogens is 2. The van der Waals surface area contributed by atoms with Gasteiger partial charge in [0.05, 0.1) is 15.2 Å². The van der Waals surface area contributed by atoms with Crippen LogP contribution in [0.15, 0.2) is 16.6 Å². The summed E-state index contributed by atoms with van der Waals surface area (Å²) in [7, 11) is 0. The van der Waals surface area contributed by atoms with Crippen LogP contribution in [0.2, 0.25) is 5.02 Å². The maximum atomic E-state index is 6.21. The number of fused-ring (bicyclic) bond motifs is 1. The fraction of sp³-hybridized carbons (Fsp3) is 0.286. The van der Waals surface area contributed by atoms with E-state index >= 15 is 0 Å². The van der Waals surface area contributed by atoms with Crippen LogP contribution in [0.4, 0.5) is 5.82 Å². The number of ether oxygens (including phenoxy) is 2. The van der Waals surface area contributed by atoms with E-state index in [1.807, 2.05) is 19.9 Å². The number of halogens is 2. The lowest BCUT2D eigenvalue weighted by Crippen LogP contribution is -2.04. The van der Waals surface area contributed by atoms with E-state index in [0.717, 1.165) is 28.1 Å². The second-order valence-electron chi connectivity index (χ2n) is 4.52. The van der Waals surface area contributed by atoms with Crippen molar-refractivity contribution in [3.05, 3.63) is 27.3 Å². The van der Waals surface area contributed by atoms with E-state index in [1.165, 1.54) is 0 Å². The minimum Gasteiger partial charge on any atom is -0.454 e. The van der Waals surface area contributed by atoms with Gasteiger partial charge in [0.25, 0.3) is 0 Å². The number of aryl methyl sites for hydroxylation is 1. The first-order valence-electron chi connectivity index (χ1n) is 6.47. The van der Waals surface area contributed by atoms with Crippen molar-refractivity contribution in [2.24, 2.45) is 0 Å². The Labute approximate surface area is 135 Å². The van der Waals surface area contributed by atoms with Gasteiger partial charge in [0.15, 0.2) is 17.3 Å². The van der Waals surface area contributed by atoms with Crippen molar-refractivity contribution in [3.8, 4) is 22.9 Å². The monoisotopic (exact) mass is 369 g/mol. The first-order chi connectivity index (χ1) is 10.1. The van der Waals surface area contributed by atoms with Gasteiger partial charge in [0.2, 0.25) is 6.79 Å². The molecule has 0 spiro atoms. The highest BCUT2D eigenvalue weighted by Gasteiger charge is 2.20. The molecule has 2 heterocycles. The van der Waals surface area contributed by atoms with Crippen molar-refractivity contribution < 1.29 is 9.47 Å². The highest BCUT2D eigenvalue weighted by molar-refractivity contribution is 9.10. The van der Waals surface area contributed by atoms with Gasteiger partial charge in [-0.2, -0.15) is 0 Å². The van der Waals surface area contributed by atoms with Crippen molar-refractivity contribution in [2.75, 3.05) is 18.7 Å². The SMILES string of the molecule is CCNc1nc(-c2cc(Cl)c3c(c2)OCO3)nc(C)c1Br. The zero-order valence-electron chi connectivity index (χ0n) is 11.5. The third-order valence-electron chi connectivity index (χ3n) is 3.05. The van der Waals surface area contributed by atoms with Crippen LogP contribution in [-0.2, 0) is 0 Å². The molecular formula is C14H13BrClN3O2. The fourth-order valence-corrected chi connectivity index (χ4v) is 2.65. The zero-order valence-corrected chi connectivity index (χ0v) is 13.9. The molecule has 0 aliphatic carbocycles. The van der Waals surface area contributed by atoms with Crippen molar-refractivity contribution in [1.82, 2.24) is 9.97 Å². The van der Waals surface area contributed by atoms with Gasteiger partial charge >= 0.3 is 0 Å². The van der Waals surface area contributed by atoms with Crippen LogP contribution in [0.5, 0.6) is 11.5 Å². The molecule has 0 saturated carbocycles. The summed E-state index contributed by atoms with van der Waals surface area (Å²) in [5, 5.41) is 3.70. The lowest BCUT2D eigenvalue weighted by molar-refractivity contribution is 0.174. The van der Waals surface area contributed by atoms with Gasteiger partial charge in [-0.25, -0.2) is 9.97 Å². The third kappa shape index (κ3) is 2.65. The molecule has 21 heavy (non-hydrogen) atoms. The Morgan fingerprint density at radius 2 is 2.14 bits per heavy atom. The lowest BCUT2D eigenvalue weighted by atomic mass is 10.2. The topological polar surface area (TPSA) is 56.3 Å². The van der Waals surface area contributed by atoms with Crippen molar-refractivity contribution >= 4 is 33.3 Å². The molecule has 1 aliphatic heterocycles. The summed E-state index contributed by atoms with van der Waals surface area (Å²) in [4.78, 5) is 9.04. The van der Waals surface area contributed by atoms with Crippen molar-refractivity contribution in [2.45, 2.75) is 13.8 Å². The van der Waals surface area contributed by atoms with Gasteiger partial charge in [0, 0.05) is 12.1 Å². The van der Waals surface area contributed by atoms with Gasteiger partial charge in [-0.3, -0.25) is 0 Å². The van der Waals surface area contributed by atoms with Crippen LogP contribution in [0, 0.1) is 6.92 Å². The number of nitrogens with one attached hydrogen (secondary N) is 1. The van der Waals surface area contributed by atoms with E-state index in [4.69, 9.17) is 21.1 Å². The van der Waals surface area contributed by atoms with Crippen LogP contribution in [0.3, 0.4) is 0 Å². The molecule has 1 aliphatic rings. The molecule has 110 valence electrons. The maximum Gasteiger partial charge on any atom is 0.231 e. The number of nitrogens with zero attached hydrogens (tertiary/aromatic N) is 2. The van der Waals surface area contributed by atoms with Crippen LogP contribution in [0.25, 0.3) is 11.4 Å². The molecule has 0 bridgehead atoms. The van der Waals surface area contributed by atoms with Gasteiger partial charge in [-0.15, -0.1) is 0 Å². The second kappa shape index (κ2) is 5.69. The van der Waals surface area contributed by atoms with Crippen LogP contribution < -0.4 is 14.8 Å². The number of anilines is 1. The molecule has 0 atom stereocenters. The van der Waals surface area contributed by atoms with Gasteiger partial charge in [-0.05, 0) is 41.9 Å². The van der Waals surface area contributed by atoms with E-state index in [9.17, 15) is 0 Å². The highest BCUT2D eigenvalue weighted by Crippen LogP contribution is 2.42. The molecule has 0 unspecified atom stereocenters. The molecule has 0 radical (unpaired) electrons. The Balaban J connectivity index is 2.10. The van der Waals surface area contributed by atoms with Crippen molar-refractivity contribution in [3.63, 3.8) is 0 Å². The maximum absolute atomic E-state index is 6.21. The standard InChI is InChI=1S/C14H13BrClN3O2/c1-3-17-14-11(15)7(2)18-13(19-14)8-4-9(16)12-10(5-8)20-6-21-12/h4-5H,3,6H2,1-2H3,(H,17,18,19). The van der Waals surface area contributed by atoms with Crippen LogP contribution in [0.1, 0.15) is 12.6 Å².